The number of piperidine rings is 1. The fraction of sp³-hybridized carbons (Fsp3) is 0.444. The smallest absolute Gasteiger partial charge is 0.434 e. The minimum Gasteiger partial charge on any atom is -0.496 e. The van der Waals surface area contributed by atoms with Crippen LogP contribution >= 0.6 is 0 Å². The molecule has 5 aromatic rings. The van der Waals surface area contributed by atoms with E-state index in [1.54, 1.807) is 13.8 Å². The zero-order chi connectivity index (χ0) is 37.1. The maximum atomic E-state index is 16.7. The van der Waals surface area contributed by atoms with Gasteiger partial charge in [0.15, 0.2) is 11.5 Å². The summed E-state index contributed by atoms with van der Waals surface area (Å²) in [7, 11) is 4.61. The molecule has 7 rings (SSSR count). The van der Waals surface area contributed by atoms with E-state index in [9.17, 15) is 18.0 Å². The molecular formula is C36H37F5N8O3. The van der Waals surface area contributed by atoms with Gasteiger partial charge in [-0.2, -0.15) is 13.2 Å². The number of aromatic nitrogens is 7. The van der Waals surface area contributed by atoms with Gasteiger partial charge in [0.25, 0.3) is 5.56 Å². The molecule has 52 heavy (non-hydrogen) atoms. The Morgan fingerprint density at radius 3 is 2.37 bits per heavy atom. The number of halogens is 5. The minimum absolute atomic E-state index is 0.0635. The van der Waals surface area contributed by atoms with E-state index in [1.165, 1.54) is 48.0 Å². The Balaban J connectivity index is 1.41. The van der Waals surface area contributed by atoms with Gasteiger partial charge in [-0.05, 0) is 70.3 Å². The highest BCUT2D eigenvalue weighted by Gasteiger charge is 2.39. The Kier molecular flexibility index (Phi) is 8.99. The van der Waals surface area contributed by atoms with E-state index in [2.05, 4.69) is 19.9 Å². The number of likely N-dealkylation sites (tertiary alicyclic amines) is 1. The lowest BCUT2D eigenvalue weighted by molar-refractivity contribution is -0.140. The van der Waals surface area contributed by atoms with Crippen molar-refractivity contribution in [3.63, 3.8) is 0 Å². The number of rotatable bonds is 9. The lowest BCUT2D eigenvalue weighted by Gasteiger charge is -2.34. The first-order chi connectivity index (χ1) is 24.7. The molecule has 1 saturated carbocycles. The molecule has 1 saturated heterocycles. The molecule has 1 aromatic carbocycles. The normalized spacial score (nSPS) is 16.5. The van der Waals surface area contributed by atoms with Gasteiger partial charge in [0.1, 0.15) is 40.6 Å². The molecule has 2 fully saturated rings. The molecule has 5 heterocycles. The molecule has 4 aromatic heterocycles. The fourth-order valence-corrected chi connectivity index (χ4v) is 6.80. The number of methoxy groups -OCH3 is 2. The van der Waals surface area contributed by atoms with Crippen LogP contribution in [0.2, 0.25) is 0 Å². The van der Waals surface area contributed by atoms with Crippen LogP contribution in [0.4, 0.5) is 22.0 Å². The van der Waals surface area contributed by atoms with E-state index in [0.29, 0.717) is 29.7 Å². The van der Waals surface area contributed by atoms with Crippen molar-refractivity contribution >= 4 is 11.0 Å². The molecule has 0 unspecified atom stereocenters. The van der Waals surface area contributed by atoms with Gasteiger partial charge in [-0.15, -0.1) is 0 Å². The van der Waals surface area contributed by atoms with Gasteiger partial charge in [0, 0.05) is 42.8 Å². The average Bonchev–Trinajstić information content (AvgIpc) is 3.86. The van der Waals surface area contributed by atoms with E-state index >= 15 is 8.78 Å². The van der Waals surface area contributed by atoms with Gasteiger partial charge in [0.2, 0.25) is 5.88 Å². The first kappa shape index (κ1) is 35.4. The zero-order valence-electron chi connectivity index (χ0n) is 29.3. The highest BCUT2D eigenvalue weighted by atomic mass is 19.4. The van der Waals surface area contributed by atoms with Crippen LogP contribution in [0.3, 0.4) is 0 Å². The number of hydrogen-bond donors (Lipinski definition) is 0. The van der Waals surface area contributed by atoms with E-state index in [1.807, 2.05) is 11.9 Å². The first-order valence-electron chi connectivity index (χ1n) is 16.9. The number of imidazole rings is 1. The van der Waals surface area contributed by atoms with Crippen molar-refractivity contribution in [3.05, 3.63) is 75.6 Å². The maximum absolute atomic E-state index is 16.7. The molecule has 0 amide bonds. The minimum atomic E-state index is -4.76. The SMILES string of the molecule is COc1cc(Cn2c(=O)c(C3(F)CCN(C)CC3)cc3cnc(-c4c(OC)ncnc4C4CC4)nc32)cc(F)c1-c1nc(C(F)(F)F)cn1C(C)C. The van der Waals surface area contributed by atoms with Crippen LogP contribution in [-0.2, 0) is 18.4 Å². The first-order valence-corrected chi connectivity index (χ1v) is 16.9. The lowest BCUT2D eigenvalue weighted by atomic mass is 9.86. The summed E-state index contributed by atoms with van der Waals surface area (Å²) in [6.07, 6.45) is 0.999. The summed E-state index contributed by atoms with van der Waals surface area (Å²) in [6.45, 7) is 3.89. The third-order valence-electron chi connectivity index (χ3n) is 9.79. The number of hydrogen-bond acceptors (Lipinski definition) is 9. The topological polar surface area (TPSA) is 113 Å². The van der Waals surface area contributed by atoms with Crippen molar-refractivity contribution in [1.82, 2.24) is 39.0 Å². The Labute approximate surface area is 295 Å². The number of nitrogens with zero attached hydrogens (tertiary/aromatic N) is 8. The second kappa shape index (κ2) is 13.2. The summed E-state index contributed by atoms with van der Waals surface area (Å²) >= 11 is 0. The van der Waals surface area contributed by atoms with E-state index in [4.69, 9.17) is 14.5 Å². The van der Waals surface area contributed by atoms with Gasteiger partial charge in [-0.1, -0.05) is 0 Å². The Hall–Kier alpha value is -4.99. The van der Waals surface area contributed by atoms with Gasteiger partial charge >= 0.3 is 6.18 Å². The maximum Gasteiger partial charge on any atom is 0.434 e. The van der Waals surface area contributed by atoms with E-state index in [0.717, 1.165) is 25.1 Å². The number of benzene rings is 1. The molecule has 0 atom stereocenters. The number of alkyl halides is 4. The third kappa shape index (κ3) is 6.37. The highest BCUT2D eigenvalue weighted by Crippen LogP contribution is 2.45. The van der Waals surface area contributed by atoms with Crippen molar-refractivity contribution in [2.75, 3.05) is 34.4 Å². The molecule has 11 nitrogen and oxygen atoms in total. The van der Waals surface area contributed by atoms with Crippen LogP contribution in [0.25, 0.3) is 33.8 Å². The predicted octanol–water partition coefficient (Wildman–Crippen LogP) is 6.68. The van der Waals surface area contributed by atoms with Crippen molar-refractivity contribution in [2.24, 2.45) is 0 Å². The summed E-state index contributed by atoms with van der Waals surface area (Å²) < 4.78 is 87.5. The Morgan fingerprint density at radius 2 is 1.73 bits per heavy atom. The largest absolute Gasteiger partial charge is 0.496 e. The van der Waals surface area contributed by atoms with Gasteiger partial charge in [0.05, 0.1) is 37.6 Å². The molecule has 0 bridgehead atoms. The van der Waals surface area contributed by atoms with Crippen molar-refractivity contribution < 1.29 is 31.4 Å². The molecule has 0 radical (unpaired) electrons. The molecule has 2 aliphatic rings. The van der Waals surface area contributed by atoms with Crippen molar-refractivity contribution in [1.29, 1.82) is 0 Å². The second-order valence-corrected chi connectivity index (χ2v) is 13.7. The number of fused-ring (bicyclic) bond motifs is 1. The molecule has 16 heteroatoms. The molecule has 0 spiro atoms. The van der Waals surface area contributed by atoms with Crippen molar-refractivity contribution in [3.8, 4) is 34.4 Å². The van der Waals surface area contributed by atoms with E-state index < -0.39 is 35.0 Å². The summed E-state index contributed by atoms with van der Waals surface area (Å²) in [5, 5.41) is 0.376. The summed E-state index contributed by atoms with van der Waals surface area (Å²) in [4.78, 5) is 38.3. The monoisotopic (exact) mass is 724 g/mol. The third-order valence-corrected chi connectivity index (χ3v) is 9.79. The zero-order valence-corrected chi connectivity index (χ0v) is 29.3. The van der Waals surface area contributed by atoms with Crippen LogP contribution in [0.5, 0.6) is 11.6 Å². The summed E-state index contributed by atoms with van der Waals surface area (Å²) in [6, 6.07) is 3.53. The summed E-state index contributed by atoms with van der Waals surface area (Å²) in [5.74, 6) is -0.667. The van der Waals surface area contributed by atoms with E-state index in [-0.39, 0.29) is 70.9 Å². The van der Waals surface area contributed by atoms with Crippen LogP contribution in [0.1, 0.15) is 74.0 Å². The van der Waals surface area contributed by atoms with Crippen LogP contribution < -0.4 is 15.0 Å². The predicted molar refractivity (Wildman–Crippen MR) is 182 cm³/mol. The standard InChI is InChI=1S/C36H37F5N8O3/c1-19(2)48-17-26(36(39,40)41)45-32(48)27-24(37)12-20(13-25(27)51-4)16-49-31-22(14-23(34(49)50)35(38)8-10-47(3)11-9-35)15-42-30(46-31)28-29(21-6-7-21)43-18-44-33(28)52-5/h12-15,17-19,21H,6-11,16H2,1-5H3. The average molecular weight is 725 g/mol. The van der Waals surface area contributed by atoms with Crippen LogP contribution in [0, 0.1) is 5.82 Å². The second-order valence-electron chi connectivity index (χ2n) is 13.7. The molecule has 274 valence electrons. The highest BCUT2D eigenvalue weighted by molar-refractivity contribution is 5.79. The number of pyridine rings is 1. The molecular weight excluding hydrogens is 687 g/mol. The van der Waals surface area contributed by atoms with Gasteiger partial charge in [-0.3, -0.25) is 9.36 Å². The summed E-state index contributed by atoms with van der Waals surface area (Å²) in [5.41, 5.74) is -2.56. The molecule has 1 aliphatic carbocycles. The van der Waals surface area contributed by atoms with Crippen LogP contribution in [-0.4, -0.2) is 73.3 Å². The fourth-order valence-electron chi connectivity index (χ4n) is 6.80. The Morgan fingerprint density at radius 1 is 1.00 bits per heavy atom. The van der Waals surface area contributed by atoms with Gasteiger partial charge in [-0.25, -0.2) is 33.7 Å². The van der Waals surface area contributed by atoms with Gasteiger partial charge < -0.3 is 18.9 Å². The molecule has 1 aliphatic heterocycles. The Bertz CT molecular complexity index is 2220. The number of ether oxygens (including phenoxy) is 2. The van der Waals surface area contributed by atoms with Crippen molar-refractivity contribution in [2.45, 2.75) is 69.9 Å². The quantitative estimate of drug-likeness (QED) is 0.154. The molecule has 0 N–H and O–H groups in total. The lowest BCUT2D eigenvalue weighted by Crippen LogP contribution is -2.42. The van der Waals surface area contributed by atoms with Crippen LogP contribution in [0.15, 0.2) is 41.7 Å².